The van der Waals surface area contributed by atoms with Gasteiger partial charge in [-0.15, -0.1) is 0 Å². The Bertz CT molecular complexity index is 632. The lowest BCUT2D eigenvalue weighted by atomic mass is 10.1. The number of rotatable bonds is 4. The maximum absolute atomic E-state index is 12.4. The Labute approximate surface area is 128 Å². The van der Waals surface area contributed by atoms with E-state index in [1.54, 1.807) is 4.90 Å². The minimum absolute atomic E-state index is 0.0570. The van der Waals surface area contributed by atoms with Crippen molar-refractivity contribution in [1.29, 1.82) is 0 Å². The van der Waals surface area contributed by atoms with Gasteiger partial charge in [-0.25, -0.2) is 8.42 Å². The molecule has 22 heavy (non-hydrogen) atoms. The molecule has 8 heteroatoms. The Morgan fingerprint density at radius 3 is 2.55 bits per heavy atom. The van der Waals surface area contributed by atoms with E-state index in [1.165, 1.54) is 12.1 Å². The van der Waals surface area contributed by atoms with Gasteiger partial charge in [0.2, 0.25) is 15.7 Å². The summed E-state index contributed by atoms with van der Waals surface area (Å²) >= 11 is 0. The van der Waals surface area contributed by atoms with Crippen molar-refractivity contribution in [3.63, 3.8) is 0 Å². The van der Waals surface area contributed by atoms with Gasteiger partial charge in [0, 0.05) is 25.7 Å². The summed E-state index contributed by atoms with van der Waals surface area (Å²) in [6.45, 7) is 4.04. The summed E-state index contributed by atoms with van der Waals surface area (Å²) in [6, 6.07) is 5.14. The molecule has 0 bridgehead atoms. The highest BCUT2D eigenvalue weighted by atomic mass is 32.2. The van der Waals surface area contributed by atoms with Crippen molar-refractivity contribution in [2.75, 3.05) is 19.6 Å². The second kappa shape index (κ2) is 6.70. The lowest BCUT2D eigenvalue weighted by Gasteiger charge is -2.34. The van der Waals surface area contributed by atoms with E-state index >= 15 is 0 Å². The molecule has 1 atom stereocenters. The fourth-order valence-electron chi connectivity index (χ4n) is 2.39. The number of alkyl halides is 2. The van der Waals surface area contributed by atoms with Crippen molar-refractivity contribution in [3.05, 3.63) is 29.8 Å². The number of halogens is 2. The zero-order chi connectivity index (χ0) is 16.3. The van der Waals surface area contributed by atoms with Crippen molar-refractivity contribution in [2.45, 2.75) is 30.0 Å². The predicted molar refractivity (Wildman–Crippen MR) is 77.4 cm³/mol. The molecule has 0 saturated carbocycles. The molecule has 1 saturated heterocycles. The number of nitrogens with one attached hydrogen (secondary N) is 1. The smallest absolute Gasteiger partial charge is 0.337 e. The number of carbonyl (C=O) groups excluding carboxylic acids is 1. The molecule has 1 aliphatic heterocycles. The van der Waals surface area contributed by atoms with E-state index in [2.05, 4.69) is 5.32 Å². The molecule has 1 amide bonds. The summed E-state index contributed by atoms with van der Waals surface area (Å²) in [4.78, 5) is 13.6. The zero-order valence-electron chi connectivity index (χ0n) is 12.1. The molecular formula is C14H18F2N2O3S. The molecule has 1 heterocycles. The highest BCUT2D eigenvalue weighted by Gasteiger charge is 2.27. The van der Waals surface area contributed by atoms with Crippen molar-refractivity contribution >= 4 is 15.7 Å². The molecule has 1 fully saturated rings. The van der Waals surface area contributed by atoms with Crippen molar-refractivity contribution < 1.29 is 22.0 Å². The fourth-order valence-corrected chi connectivity index (χ4v) is 3.11. The molecule has 0 unspecified atom stereocenters. The quantitative estimate of drug-likeness (QED) is 0.895. The summed E-state index contributed by atoms with van der Waals surface area (Å²) in [7, 11) is -4.59. The van der Waals surface area contributed by atoms with Gasteiger partial charge in [-0.1, -0.05) is 12.1 Å². The number of sulfone groups is 1. The van der Waals surface area contributed by atoms with Crippen LogP contribution in [0.3, 0.4) is 0 Å². The Kier molecular flexibility index (Phi) is 5.12. The van der Waals surface area contributed by atoms with Crippen molar-refractivity contribution in [2.24, 2.45) is 0 Å². The molecule has 1 aromatic rings. The highest BCUT2D eigenvalue weighted by molar-refractivity contribution is 7.91. The molecule has 1 N–H and O–H groups in total. The number of benzene rings is 1. The average molecular weight is 332 g/mol. The zero-order valence-corrected chi connectivity index (χ0v) is 12.9. The maximum atomic E-state index is 12.4. The van der Waals surface area contributed by atoms with Crippen LogP contribution >= 0.6 is 0 Å². The van der Waals surface area contributed by atoms with Gasteiger partial charge in [-0.2, -0.15) is 8.78 Å². The van der Waals surface area contributed by atoms with Crippen LogP contribution in [0.4, 0.5) is 8.78 Å². The summed E-state index contributed by atoms with van der Waals surface area (Å²) in [5, 5.41) is 3.19. The van der Waals surface area contributed by atoms with Crippen LogP contribution < -0.4 is 5.32 Å². The van der Waals surface area contributed by atoms with Gasteiger partial charge < -0.3 is 10.2 Å². The van der Waals surface area contributed by atoms with Crippen LogP contribution in [0.1, 0.15) is 12.5 Å². The Morgan fingerprint density at radius 2 is 2.00 bits per heavy atom. The number of piperazine rings is 1. The second-order valence-electron chi connectivity index (χ2n) is 5.27. The predicted octanol–water partition coefficient (Wildman–Crippen LogP) is 1.05. The van der Waals surface area contributed by atoms with Crippen LogP contribution in [0, 0.1) is 0 Å². The minimum Gasteiger partial charge on any atom is -0.337 e. The van der Waals surface area contributed by atoms with Crippen molar-refractivity contribution in [3.8, 4) is 0 Å². The number of nitrogens with zero attached hydrogens (tertiary/aromatic N) is 1. The van der Waals surface area contributed by atoms with E-state index in [4.69, 9.17) is 0 Å². The number of carbonyl (C=O) groups is 1. The SMILES string of the molecule is C[C@H]1CNCCN1C(=O)Cc1ccc(S(=O)(=O)C(F)F)cc1. The molecule has 2 rings (SSSR count). The van der Waals surface area contributed by atoms with E-state index in [-0.39, 0.29) is 18.4 Å². The van der Waals surface area contributed by atoms with Gasteiger partial charge in [-0.3, -0.25) is 4.79 Å². The van der Waals surface area contributed by atoms with E-state index in [0.29, 0.717) is 12.1 Å². The molecule has 1 aliphatic rings. The van der Waals surface area contributed by atoms with Crippen LogP contribution in [0.25, 0.3) is 0 Å². The minimum atomic E-state index is -4.59. The maximum Gasteiger partial charge on any atom is 0.341 e. The molecule has 122 valence electrons. The summed E-state index contributed by atoms with van der Waals surface area (Å²) in [5.74, 6) is -3.50. The van der Waals surface area contributed by atoms with Crippen LogP contribution in [0.2, 0.25) is 0 Å². The monoisotopic (exact) mass is 332 g/mol. The van der Waals surface area contributed by atoms with Gasteiger partial charge in [0.25, 0.3) is 0 Å². The van der Waals surface area contributed by atoms with Crippen LogP contribution in [0.5, 0.6) is 0 Å². The normalized spacial score (nSPS) is 19.5. The van der Waals surface area contributed by atoms with E-state index < -0.39 is 20.5 Å². The summed E-state index contributed by atoms with van der Waals surface area (Å²) < 4.78 is 47.5. The van der Waals surface area contributed by atoms with Gasteiger partial charge >= 0.3 is 5.76 Å². The van der Waals surface area contributed by atoms with Crippen LogP contribution in [-0.2, 0) is 21.1 Å². The average Bonchev–Trinajstić information content (AvgIpc) is 2.48. The Balaban J connectivity index is 2.07. The largest absolute Gasteiger partial charge is 0.341 e. The van der Waals surface area contributed by atoms with Gasteiger partial charge in [0.1, 0.15) is 0 Å². The fraction of sp³-hybridized carbons (Fsp3) is 0.500. The molecule has 0 spiro atoms. The molecule has 5 nitrogen and oxygen atoms in total. The lowest BCUT2D eigenvalue weighted by Crippen LogP contribution is -2.52. The van der Waals surface area contributed by atoms with E-state index in [0.717, 1.165) is 25.2 Å². The van der Waals surface area contributed by atoms with Gasteiger partial charge in [0.15, 0.2) is 0 Å². The topological polar surface area (TPSA) is 66.5 Å². The first-order valence-corrected chi connectivity index (χ1v) is 8.48. The Morgan fingerprint density at radius 1 is 1.36 bits per heavy atom. The molecule has 1 aromatic carbocycles. The van der Waals surface area contributed by atoms with Crippen LogP contribution in [0.15, 0.2) is 29.2 Å². The number of hydrogen-bond acceptors (Lipinski definition) is 4. The number of hydrogen-bond donors (Lipinski definition) is 1. The standard InChI is InChI=1S/C14H18F2N2O3S/c1-10-9-17-6-7-18(10)13(19)8-11-2-4-12(5-3-11)22(20,21)14(15)16/h2-5,10,14,17H,6-9H2,1H3/t10-/m0/s1. The highest BCUT2D eigenvalue weighted by Crippen LogP contribution is 2.19. The molecular weight excluding hydrogens is 314 g/mol. The second-order valence-corrected chi connectivity index (χ2v) is 7.18. The van der Waals surface area contributed by atoms with E-state index in [1.807, 2.05) is 6.92 Å². The third-order valence-electron chi connectivity index (χ3n) is 3.66. The Hall–Kier alpha value is -1.54. The molecule has 0 radical (unpaired) electrons. The van der Waals surface area contributed by atoms with Gasteiger partial charge in [0.05, 0.1) is 11.3 Å². The van der Waals surface area contributed by atoms with Crippen molar-refractivity contribution in [1.82, 2.24) is 10.2 Å². The van der Waals surface area contributed by atoms with E-state index in [9.17, 15) is 22.0 Å². The molecule has 0 aliphatic carbocycles. The summed E-state index contributed by atoms with van der Waals surface area (Å²) in [5.41, 5.74) is 0.601. The lowest BCUT2D eigenvalue weighted by molar-refractivity contribution is -0.133. The first kappa shape index (κ1) is 16.8. The number of amides is 1. The third kappa shape index (κ3) is 3.61. The van der Waals surface area contributed by atoms with Gasteiger partial charge in [-0.05, 0) is 24.6 Å². The third-order valence-corrected chi connectivity index (χ3v) is 5.06. The first-order valence-electron chi connectivity index (χ1n) is 6.93. The summed E-state index contributed by atoms with van der Waals surface area (Å²) in [6.07, 6.45) is 0.124. The first-order chi connectivity index (χ1) is 10.3. The van der Waals surface area contributed by atoms with Crippen LogP contribution in [-0.4, -0.2) is 50.7 Å². The molecule has 0 aromatic heterocycles.